The van der Waals surface area contributed by atoms with E-state index in [4.69, 9.17) is 13.9 Å². The van der Waals surface area contributed by atoms with Gasteiger partial charge in [-0.3, -0.25) is 4.79 Å². The molecule has 5 rings (SSSR count). The second-order valence-corrected chi connectivity index (χ2v) is 7.11. The fraction of sp³-hybridized carbons (Fsp3) is 0.0400. The van der Waals surface area contributed by atoms with Gasteiger partial charge in [0.15, 0.2) is 5.76 Å². The summed E-state index contributed by atoms with van der Waals surface area (Å²) < 4.78 is 30.6. The molecule has 1 aliphatic rings. The van der Waals surface area contributed by atoms with Gasteiger partial charge in [-0.05, 0) is 42.8 Å². The van der Waals surface area contributed by atoms with Crippen LogP contribution in [0.4, 0.5) is 4.39 Å². The average molecular weight is 414 g/mol. The first kappa shape index (κ1) is 18.8. The molecule has 0 atom stereocenters. The van der Waals surface area contributed by atoms with Gasteiger partial charge >= 0.3 is 5.97 Å². The standard InChI is InChI=1S/C25H15FO5/c1-14-10-17(29-25(28)22-12-16-7-3-5-9-19(16)30-22)13-20-23(14)24(27)21(31-20)11-15-6-2-4-8-18(15)26/h2-13H,1H3/b21-11-. The topological polar surface area (TPSA) is 65.7 Å². The van der Waals surface area contributed by atoms with Crippen molar-refractivity contribution in [2.45, 2.75) is 6.92 Å². The van der Waals surface area contributed by atoms with E-state index in [0.717, 1.165) is 5.39 Å². The van der Waals surface area contributed by atoms with E-state index < -0.39 is 11.8 Å². The van der Waals surface area contributed by atoms with Crippen LogP contribution in [0.3, 0.4) is 0 Å². The maximum absolute atomic E-state index is 13.9. The predicted octanol–water partition coefficient (Wildman–Crippen LogP) is 5.72. The van der Waals surface area contributed by atoms with Crippen molar-refractivity contribution in [3.05, 3.63) is 101 Å². The molecule has 1 aromatic heterocycles. The lowest BCUT2D eigenvalue weighted by Gasteiger charge is -2.06. The van der Waals surface area contributed by atoms with Crippen molar-refractivity contribution in [1.29, 1.82) is 0 Å². The van der Waals surface area contributed by atoms with Gasteiger partial charge in [-0.2, -0.15) is 0 Å². The smallest absolute Gasteiger partial charge is 0.379 e. The molecule has 0 unspecified atom stereocenters. The molecule has 0 aliphatic carbocycles. The Hall–Kier alpha value is -4.19. The molecule has 4 aromatic rings. The number of hydrogen-bond donors (Lipinski definition) is 0. The van der Waals surface area contributed by atoms with Gasteiger partial charge in [0.25, 0.3) is 0 Å². The van der Waals surface area contributed by atoms with E-state index in [2.05, 4.69) is 0 Å². The normalized spacial score (nSPS) is 14.0. The van der Waals surface area contributed by atoms with Crippen LogP contribution in [-0.2, 0) is 0 Å². The summed E-state index contributed by atoms with van der Waals surface area (Å²) in [4.78, 5) is 25.3. The van der Waals surface area contributed by atoms with E-state index in [1.165, 1.54) is 18.2 Å². The van der Waals surface area contributed by atoms with Crippen LogP contribution in [0, 0.1) is 12.7 Å². The monoisotopic (exact) mass is 414 g/mol. The summed E-state index contributed by atoms with van der Waals surface area (Å²) in [5.74, 6) is -0.950. The Labute approximate surface area is 176 Å². The quantitative estimate of drug-likeness (QED) is 0.244. The minimum atomic E-state index is -0.665. The fourth-order valence-corrected chi connectivity index (χ4v) is 3.51. The number of aryl methyl sites for hydroxylation is 1. The van der Waals surface area contributed by atoms with E-state index in [9.17, 15) is 14.0 Å². The largest absolute Gasteiger partial charge is 0.452 e. The molecule has 0 N–H and O–H groups in total. The van der Waals surface area contributed by atoms with E-state index in [-0.39, 0.29) is 34.4 Å². The van der Waals surface area contributed by atoms with Crippen LogP contribution in [0.1, 0.15) is 32.0 Å². The number of ketones is 1. The minimum absolute atomic E-state index is 0.00367. The predicted molar refractivity (Wildman–Crippen MR) is 112 cm³/mol. The number of rotatable bonds is 3. The summed E-state index contributed by atoms with van der Waals surface area (Å²) in [6.07, 6.45) is 1.36. The highest BCUT2D eigenvalue weighted by Gasteiger charge is 2.30. The van der Waals surface area contributed by atoms with E-state index in [0.29, 0.717) is 16.7 Å². The molecule has 1 aliphatic heterocycles. The first-order chi connectivity index (χ1) is 15.0. The number of benzene rings is 3. The number of hydrogen-bond acceptors (Lipinski definition) is 5. The Kier molecular flexibility index (Phi) is 4.40. The lowest BCUT2D eigenvalue weighted by molar-refractivity contribution is 0.0703. The van der Waals surface area contributed by atoms with Crippen LogP contribution in [-0.4, -0.2) is 11.8 Å². The van der Waals surface area contributed by atoms with Crippen molar-refractivity contribution in [1.82, 2.24) is 0 Å². The average Bonchev–Trinajstić information content (AvgIpc) is 3.31. The first-order valence-electron chi connectivity index (χ1n) is 9.54. The van der Waals surface area contributed by atoms with Crippen LogP contribution in [0.25, 0.3) is 17.0 Å². The molecule has 0 fully saturated rings. The highest BCUT2D eigenvalue weighted by atomic mass is 19.1. The minimum Gasteiger partial charge on any atom is -0.452 e. The maximum atomic E-state index is 13.9. The third kappa shape index (κ3) is 3.38. The summed E-state index contributed by atoms with van der Waals surface area (Å²) in [7, 11) is 0. The number of ether oxygens (including phenoxy) is 2. The van der Waals surface area contributed by atoms with Gasteiger partial charge in [-0.1, -0.05) is 36.4 Å². The van der Waals surface area contributed by atoms with E-state index in [1.807, 2.05) is 18.2 Å². The fourth-order valence-electron chi connectivity index (χ4n) is 3.51. The van der Waals surface area contributed by atoms with Crippen LogP contribution in [0.2, 0.25) is 0 Å². The summed E-state index contributed by atoms with van der Waals surface area (Å²) >= 11 is 0. The molecule has 3 aromatic carbocycles. The van der Waals surface area contributed by atoms with Gasteiger partial charge in [-0.25, -0.2) is 9.18 Å². The molecule has 0 radical (unpaired) electrons. The third-order valence-corrected chi connectivity index (χ3v) is 4.97. The molecule has 0 spiro atoms. The Morgan fingerprint density at radius 3 is 2.61 bits per heavy atom. The molecule has 0 saturated carbocycles. The molecule has 0 amide bonds. The number of para-hydroxylation sites is 1. The number of allylic oxidation sites excluding steroid dienone is 1. The SMILES string of the molecule is Cc1cc(OC(=O)c2cc3ccccc3o2)cc2c1C(=O)/C(=C/c1ccccc1F)O2. The van der Waals surface area contributed by atoms with Crippen LogP contribution >= 0.6 is 0 Å². The second-order valence-electron chi connectivity index (χ2n) is 7.11. The van der Waals surface area contributed by atoms with Gasteiger partial charge in [0, 0.05) is 17.0 Å². The van der Waals surface area contributed by atoms with Gasteiger partial charge in [0.05, 0.1) is 5.56 Å². The van der Waals surface area contributed by atoms with Crippen molar-refractivity contribution in [3.8, 4) is 11.5 Å². The molecular weight excluding hydrogens is 399 g/mol. The Bertz CT molecular complexity index is 1360. The maximum Gasteiger partial charge on any atom is 0.379 e. The van der Waals surface area contributed by atoms with Gasteiger partial charge < -0.3 is 13.9 Å². The Morgan fingerprint density at radius 1 is 1.03 bits per heavy atom. The summed E-state index contributed by atoms with van der Waals surface area (Å²) in [6.45, 7) is 1.71. The summed E-state index contributed by atoms with van der Waals surface area (Å²) in [6, 6.07) is 18.0. The van der Waals surface area contributed by atoms with Crippen molar-refractivity contribution < 1.29 is 27.9 Å². The van der Waals surface area contributed by atoms with Crippen LogP contribution in [0.5, 0.6) is 11.5 Å². The summed E-state index contributed by atoms with van der Waals surface area (Å²) in [5, 5.41) is 0.788. The van der Waals surface area contributed by atoms with Crippen molar-refractivity contribution in [2.24, 2.45) is 0 Å². The zero-order valence-corrected chi connectivity index (χ0v) is 16.3. The zero-order chi connectivity index (χ0) is 21.5. The number of carbonyl (C=O) groups excluding carboxylic acids is 2. The van der Waals surface area contributed by atoms with Crippen molar-refractivity contribution >= 4 is 28.8 Å². The van der Waals surface area contributed by atoms with E-state index >= 15 is 0 Å². The zero-order valence-electron chi connectivity index (χ0n) is 16.3. The molecule has 0 bridgehead atoms. The molecule has 6 heteroatoms. The molecule has 0 saturated heterocycles. The lowest BCUT2D eigenvalue weighted by atomic mass is 10.0. The van der Waals surface area contributed by atoms with E-state index in [1.54, 1.807) is 43.3 Å². The number of halogens is 1. The number of Topliss-reactive ketones (excluding diaryl/α,β-unsaturated/α-hetero) is 1. The molecule has 31 heavy (non-hydrogen) atoms. The van der Waals surface area contributed by atoms with Gasteiger partial charge in [-0.15, -0.1) is 0 Å². The number of fused-ring (bicyclic) bond motifs is 2. The number of carbonyl (C=O) groups is 2. The molecule has 5 nitrogen and oxygen atoms in total. The molecule has 152 valence electrons. The number of esters is 1. The summed E-state index contributed by atoms with van der Waals surface area (Å²) in [5.41, 5.74) is 1.75. The van der Waals surface area contributed by atoms with Crippen molar-refractivity contribution in [2.75, 3.05) is 0 Å². The van der Waals surface area contributed by atoms with Gasteiger partial charge in [0.1, 0.15) is 22.9 Å². The lowest BCUT2D eigenvalue weighted by Crippen LogP contribution is -2.07. The highest BCUT2D eigenvalue weighted by Crippen LogP contribution is 2.38. The Balaban J connectivity index is 1.43. The van der Waals surface area contributed by atoms with Crippen LogP contribution < -0.4 is 9.47 Å². The molecule has 2 heterocycles. The van der Waals surface area contributed by atoms with Crippen LogP contribution in [0.15, 0.2) is 76.9 Å². The number of furan rings is 1. The third-order valence-electron chi connectivity index (χ3n) is 4.97. The van der Waals surface area contributed by atoms with Crippen molar-refractivity contribution in [3.63, 3.8) is 0 Å². The second kappa shape index (κ2) is 7.25. The highest BCUT2D eigenvalue weighted by molar-refractivity contribution is 6.15. The van der Waals surface area contributed by atoms with Gasteiger partial charge in [0.2, 0.25) is 11.5 Å². The first-order valence-corrected chi connectivity index (χ1v) is 9.54. The Morgan fingerprint density at radius 2 is 1.81 bits per heavy atom. The molecular formula is C25H15FO5.